The minimum absolute atomic E-state index is 0.106. The molecule has 0 atom stereocenters. The van der Waals surface area contributed by atoms with E-state index in [1.165, 1.54) is 16.7 Å². The molecule has 3 aromatic rings. The Morgan fingerprint density at radius 1 is 1.07 bits per heavy atom. The van der Waals surface area contributed by atoms with Gasteiger partial charge in [-0.15, -0.1) is 0 Å². The zero-order valence-electron chi connectivity index (χ0n) is 16.7. The molecule has 29 heavy (non-hydrogen) atoms. The molecule has 1 N–H and O–H groups in total. The number of aryl methyl sites for hydroxylation is 2. The number of nitrogens with one attached hydrogen (secondary N) is 1. The van der Waals surface area contributed by atoms with E-state index in [4.69, 9.17) is 23.2 Å². The van der Waals surface area contributed by atoms with Gasteiger partial charge in [-0.05, 0) is 70.0 Å². The molecule has 0 aliphatic rings. The van der Waals surface area contributed by atoms with Crippen molar-refractivity contribution in [3.63, 3.8) is 0 Å². The lowest BCUT2D eigenvalue weighted by atomic mass is 9.94. The maximum atomic E-state index is 13.7. The van der Waals surface area contributed by atoms with Gasteiger partial charge < -0.3 is 5.32 Å². The van der Waals surface area contributed by atoms with E-state index in [-0.39, 0.29) is 10.6 Å². The molecule has 0 spiro atoms. The van der Waals surface area contributed by atoms with Gasteiger partial charge in [-0.2, -0.15) is 0 Å². The summed E-state index contributed by atoms with van der Waals surface area (Å²) in [4.78, 5) is 16.7. The van der Waals surface area contributed by atoms with Crippen LogP contribution in [0.15, 0.2) is 47.3 Å². The standard InChI is InChI=1S/C22H22Cl2FN3O/c1-13-9-21(29)28(14(2)26-13)16-6-8-20(18(24)11-16)27-22(3,4)12-15-5-7-17(23)19(25)10-15/h5-11,27H,12H2,1-4H3. The molecule has 152 valence electrons. The maximum absolute atomic E-state index is 13.7. The summed E-state index contributed by atoms with van der Waals surface area (Å²) in [5.74, 6) is 0.159. The average Bonchev–Trinajstić information content (AvgIpc) is 2.59. The number of aromatic nitrogens is 2. The molecule has 0 unspecified atom stereocenters. The molecule has 0 aliphatic carbocycles. The lowest BCUT2D eigenvalue weighted by molar-refractivity contribution is 0.559. The van der Waals surface area contributed by atoms with Gasteiger partial charge in [0, 0.05) is 17.3 Å². The molecule has 7 heteroatoms. The Balaban J connectivity index is 1.85. The van der Waals surface area contributed by atoms with Crippen LogP contribution in [0.5, 0.6) is 0 Å². The number of anilines is 1. The summed E-state index contributed by atoms with van der Waals surface area (Å²) in [6.45, 7) is 7.57. The Hall–Kier alpha value is -2.37. The Morgan fingerprint density at radius 2 is 1.79 bits per heavy atom. The van der Waals surface area contributed by atoms with Crippen molar-refractivity contribution in [2.24, 2.45) is 0 Å². The quantitative estimate of drug-likeness (QED) is 0.558. The van der Waals surface area contributed by atoms with Crippen molar-refractivity contribution in [3.05, 3.63) is 85.8 Å². The van der Waals surface area contributed by atoms with E-state index in [2.05, 4.69) is 10.3 Å². The molecular weight excluding hydrogens is 412 g/mol. The second-order valence-electron chi connectivity index (χ2n) is 7.72. The molecule has 0 aliphatic heterocycles. The van der Waals surface area contributed by atoms with Gasteiger partial charge in [-0.25, -0.2) is 9.37 Å². The van der Waals surface area contributed by atoms with Crippen molar-refractivity contribution in [2.75, 3.05) is 5.32 Å². The van der Waals surface area contributed by atoms with Crippen LogP contribution in [0.3, 0.4) is 0 Å². The van der Waals surface area contributed by atoms with Crippen LogP contribution < -0.4 is 10.9 Å². The molecule has 0 radical (unpaired) electrons. The van der Waals surface area contributed by atoms with Crippen LogP contribution >= 0.6 is 23.2 Å². The third kappa shape index (κ3) is 4.98. The largest absolute Gasteiger partial charge is 0.379 e. The van der Waals surface area contributed by atoms with Crippen molar-refractivity contribution in [3.8, 4) is 5.69 Å². The molecule has 1 heterocycles. The van der Waals surface area contributed by atoms with Gasteiger partial charge in [0.15, 0.2) is 0 Å². The van der Waals surface area contributed by atoms with E-state index >= 15 is 0 Å². The van der Waals surface area contributed by atoms with E-state index in [0.717, 1.165) is 11.3 Å². The molecule has 0 saturated carbocycles. The summed E-state index contributed by atoms with van der Waals surface area (Å²) in [5.41, 5.74) is 2.31. The molecule has 0 saturated heterocycles. The number of hydrogen-bond acceptors (Lipinski definition) is 3. The van der Waals surface area contributed by atoms with Gasteiger partial charge in [-0.3, -0.25) is 9.36 Å². The van der Waals surface area contributed by atoms with Gasteiger partial charge in [0.1, 0.15) is 11.6 Å². The fourth-order valence-electron chi connectivity index (χ4n) is 3.37. The highest BCUT2D eigenvalue weighted by Crippen LogP contribution is 2.29. The summed E-state index contributed by atoms with van der Waals surface area (Å²) in [5, 5.41) is 3.98. The van der Waals surface area contributed by atoms with E-state index in [1.807, 2.05) is 26.0 Å². The number of halogens is 3. The lowest BCUT2D eigenvalue weighted by Gasteiger charge is -2.28. The Morgan fingerprint density at radius 3 is 2.41 bits per heavy atom. The average molecular weight is 434 g/mol. The van der Waals surface area contributed by atoms with Crippen LogP contribution in [0.1, 0.15) is 30.9 Å². The first-order chi connectivity index (χ1) is 13.6. The van der Waals surface area contributed by atoms with E-state index in [1.54, 1.807) is 32.0 Å². The second-order valence-corrected chi connectivity index (χ2v) is 8.53. The van der Waals surface area contributed by atoms with E-state index < -0.39 is 11.4 Å². The first-order valence-corrected chi connectivity index (χ1v) is 9.91. The lowest BCUT2D eigenvalue weighted by Crippen LogP contribution is -2.33. The highest BCUT2D eigenvalue weighted by Gasteiger charge is 2.20. The summed E-state index contributed by atoms with van der Waals surface area (Å²) in [6, 6.07) is 11.7. The minimum atomic E-state index is -0.435. The number of benzene rings is 2. The van der Waals surface area contributed by atoms with E-state index in [9.17, 15) is 9.18 Å². The number of nitrogens with zero attached hydrogens (tertiary/aromatic N) is 2. The third-order valence-electron chi connectivity index (χ3n) is 4.53. The van der Waals surface area contributed by atoms with Crippen LogP contribution in [0, 0.1) is 19.7 Å². The summed E-state index contributed by atoms with van der Waals surface area (Å²) in [7, 11) is 0. The minimum Gasteiger partial charge on any atom is -0.379 e. The molecule has 1 aromatic heterocycles. The predicted molar refractivity (Wildman–Crippen MR) is 117 cm³/mol. The van der Waals surface area contributed by atoms with Crippen LogP contribution in [0.4, 0.5) is 10.1 Å². The van der Waals surface area contributed by atoms with Crippen LogP contribution in [-0.4, -0.2) is 15.1 Å². The Bertz CT molecular complexity index is 1130. The van der Waals surface area contributed by atoms with Crippen molar-refractivity contribution in [2.45, 2.75) is 39.7 Å². The number of rotatable bonds is 5. The van der Waals surface area contributed by atoms with Gasteiger partial charge in [0.05, 0.1) is 21.4 Å². The number of hydrogen-bond donors (Lipinski definition) is 1. The fourth-order valence-corrected chi connectivity index (χ4v) is 3.71. The van der Waals surface area contributed by atoms with Gasteiger partial charge >= 0.3 is 0 Å². The predicted octanol–water partition coefficient (Wildman–Crippen LogP) is 5.73. The SMILES string of the molecule is Cc1cc(=O)n(-c2ccc(NC(C)(C)Cc3ccc(Cl)c(F)c3)c(Cl)c2)c(C)n1. The molecule has 4 nitrogen and oxygen atoms in total. The van der Waals surface area contributed by atoms with Gasteiger partial charge in [0.25, 0.3) is 5.56 Å². The molecule has 2 aromatic carbocycles. The van der Waals surface area contributed by atoms with Crippen molar-refractivity contribution in [1.82, 2.24) is 9.55 Å². The Kier molecular flexibility index (Phi) is 6.01. The van der Waals surface area contributed by atoms with Crippen molar-refractivity contribution in [1.29, 1.82) is 0 Å². The zero-order valence-corrected chi connectivity index (χ0v) is 18.2. The van der Waals surface area contributed by atoms with Gasteiger partial charge in [-0.1, -0.05) is 29.3 Å². The zero-order chi connectivity index (χ0) is 21.3. The maximum Gasteiger partial charge on any atom is 0.258 e. The molecule has 3 rings (SSSR count). The summed E-state index contributed by atoms with van der Waals surface area (Å²) >= 11 is 12.3. The van der Waals surface area contributed by atoms with Crippen molar-refractivity contribution < 1.29 is 4.39 Å². The highest BCUT2D eigenvalue weighted by atomic mass is 35.5. The normalized spacial score (nSPS) is 11.6. The molecule has 0 fully saturated rings. The summed E-state index contributed by atoms with van der Waals surface area (Å²) in [6.07, 6.45) is 0.569. The monoisotopic (exact) mass is 433 g/mol. The molecule has 0 amide bonds. The van der Waals surface area contributed by atoms with Crippen molar-refractivity contribution >= 4 is 28.9 Å². The molecular formula is C22H22Cl2FN3O. The Labute approximate surface area is 179 Å². The fraction of sp³-hybridized carbons (Fsp3) is 0.273. The van der Waals surface area contributed by atoms with Crippen LogP contribution in [0.25, 0.3) is 5.69 Å². The van der Waals surface area contributed by atoms with E-state index in [0.29, 0.717) is 28.6 Å². The second kappa shape index (κ2) is 8.17. The highest BCUT2D eigenvalue weighted by molar-refractivity contribution is 6.33. The first kappa shape index (κ1) is 21.3. The summed E-state index contributed by atoms with van der Waals surface area (Å²) < 4.78 is 15.3. The van der Waals surface area contributed by atoms with Crippen LogP contribution in [-0.2, 0) is 6.42 Å². The van der Waals surface area contributed by atoms with Crippen LogP contribution in [0.2, 0.25) is 10.0 Å². The molecule has 0 bridgehead atoms. The van der Waals surface area contributed by atoms with Gasteiger partial charge in [0.2, 0.25) is 0 Å². The smallest absolute Gasteiger partial charge is 0.258 e. The first-order valence-electron chi connectivity index (χ1n) is 9.15. The topological polar surface area (TPSA) is 46.9 Å². The third-order valence-corrected chi connectivity index (χ3v) is 5.15.